The molecule has 0 amide bonds. The van der Waals surface area contributed by atoms with Crippen molar-refractivity contribution in [3.63, 3.8) is 0 Å². The van der Waals surface area contributed by atoms with Gasteiger partial charge in [-0.15, -0.1) is 0 Å². The van der Waals surface area contributed by atoms with Crippen LogP contribution in [0.2, 0.25) is 0 Å². The van der Waals surface area contributed by atoms with Gasteiger partial charge in [0.1, 0.15) is 5.71 Å². The fraction of sp³-hybridized carbons (Fsp3) is 0.176. The molecule has 0 atom stereocenters. The summed E-state index contributed by atoms with van der Waals surface area (Å²) >= 11 is 0. The number of nitrogens with one attached hydrogen (secondary N) is 5. The molecule has 1 aliphatic rings. The number of hydrogen-bond acceptors (Lipinski definition) is 6. The van der Waals surface area contributed by atoms with Crippen LogP contribution in [0, 0.1) is 16.2 Å². The van der Waals surface area contributed by atoms with Crippen molar-refractivity contribution in [3.05, 3.63) is 59.1 Å². The van der Waals surface area contributed by atoms with Crippen LogP contribution in [0.5, 0.6) is 0 Å². The first kappa shape index (κ1) is 18.0. The van der Waals surface area contributed by atoms with Crippen molar-refractivity contribution in [1.29, 1.82) is 16.2 Å². The van der Waals surface area contributed by atoms with E-state index >= 15 is 0 Å². The lowest BCUT2D eigenvalue weighted by Gasteiger charge is -2.19. The maximum Gasteiger partial charge on any atom is 0.112 e. The molecule has 0 saturated carbocycles. The average molecular weight is 310 g/mol. The Morgan fingerprint density at radius 3 is 2.35 bits per heavy atom. The summed E-state index contributed by atoms with van der Waals surface area (Å²) in [5.41, 5.74) is 3.58. The van der Waals surface area contributed by atoms with E-state index in [9.17, 15) is 0 Å². The number of rotatable bonds is 7. The SMILES string of the molecule is C/C=C/C(C(=C/C=N)/NC)=C1/C=CN=C(/C(=C/C=N)NC)C1=N. The Kier molecular flexibility index (Phi) is 7.13. The van der Waals surface area contributed by atoms with Crippen molar-refractivity contribution in [1.82, 2.24) is 10.6 Å². The summed E-state index contributed by atoms with van der Waals surface area (Å²) in [6, 6.07) is 0. The highest BCUT2D eigenvalue weighted by atomic mass is 14.9. The molecule has 0 aromatic rings. The second-order valence-electron chi connectivity index (χ2n) is 4.49. The van der Waals surface area contributed by atoms with E-state index in [4.69, 9.17) is 16.2 Å². The maximum absolute atomic E-state index is 8.48. The number of allylic oxidation sites excluding steroid dienone is 7. The van der Waals surface area contributed by atoms with Gasteiger partial charge in [0.25, 0.3) is 0 Å². The number of aliphatic imine (C=N–C) groups is 1. The summed E-state index contributed by atoms with van der Waals surface area (Å²) in [6.07, 6.45) is 12.7. The van der Waals surface area contributed by atoms with Crippen LogP contribution in [0.15, 0.2) is 64.1 Å². The van der Waals surface area contributed by atoms with Crippen LogP contribution >= 0.6 is 0 Å². The van der Waals surface area contributed by atoms with Gasteiger partial charge in [0.2, 0.25) is 0 Å². The largest absolute Gasteiger partial charge is 0.388 e. The Balaban J connectivity index is 3.49. The van der Waals surface area contributed by atoms with Gasteiger partial charge in [-0.05, 0) is 25.2 Å². The lowest BCUT2D eigenvalue weighted by atomic mass is 9.94. The lowest BCUT2D eigenvalue weighted by Crippen LogP contribution is -2.27. The van der Waals surface area contributed by atoms with E-state index in [0.717, 1.165) is 17.5 Å². The predicted molar refractivity (Wildman–Crippen MR) is 98.0 cm³/mol. The summed E-state index contributed by atoms with van der Waals surface area (Å²) in [4.78, 5) is 4.26. The third kappa shape index (κ3) is 4.23. The first-order valence-corrected chi connectivity index (χ1v) is 7.12. The van der Waals surface area contributed by atoms with Crippen LogP contribution in [0.3, 0.4) is 0 Å². The van der Waals surface area contributed by atoms with Crippen molar-refractivity contribution < 1.29 is 0 Å². The summed E-state index contributed by atoms with van der Waals surface area (Å²) in [6.45, 7) is 1.90. The molecular formula is C17H22N6. The first-order valence-electron chi connectivity index (χ1n) is 7.12. The Bertz CT molecular complexity index is 671. The quantitative estimate of drug-likeness (QED) is 0.465. The standard InChI is InChI=1S/C17H22N6/c1-4-5-12(14(21-2)6-9-18)13-8-11-23-17(16(13)20)15(22-3)7-10-19/h4-11,18-22H,1-3H3/b5-4+,13-12+,14-6-,15-7-,18-9?,19-10?,20-16?. The van der Waals surface area contributed by atoms with E-state index in [1.807, 2.05) is 19.1 Å². The minimum Gasteiger partial charge on any atom is -0.388 e. The molecule has 23 heavy (non-hydrogen) atoms. The van der Waals surface area contributed by atoms with E-state index in [-0.39, 0.29) is 5.71 Å². The van der Waals surface area contributed by atoms with E-state index in [2.05, 4.69) is 15.6 Å². The Morgan fingerprint density at radius 2 is 1.83 bits per heavy atom. The van der Waals surface area contributed by atoms with Crippen molar-refractivity contribution in [2.24, 2.45) is 4.99 Å². The van der Waals surface area contributed by atoms with Gasteiger partial charge in [0.05, 0.1) is 11.4 Å². The molecule has 0 aromatic carbocycles. The molecule has 0 aromatic heterocycles. The van der Waals surface area contributed by atoms with Crippen LogP contribution < -0.4 is 10.6 Å². The molecule has 0 saturated heterocycles. The van der Waals surface area contributed by atoms with Crippen LogP contribution in [0.25, 0.3) is 0 Å². The smallest absolute Gasteiger partial charge is 0.112 e. The zero-order valence-corrected chi connectivity index (χ0v) is 13.6. The molecule has 0 radical (unpaired) electrons. The van der Waals surface area contributed by atoms with Crippen molar-refractivity contribution in [2.45, 2.75) is 6.92 Å². The first-order chi connectivity index (χ1) is 11.1. The van der Waals surface area contributed by atoms with Crippen LogP contribution in [-0.4, -0.2) is 37.9 Å². The molecular weight excluding hydrogens is 288 g/mol. The van der Waals surface area contributed by atoms with Gasteiger partial charge in [-0.1, -0.05) is 12.2 Å². The summed E-state index contributed by atoms with van der Waals surface area (Å²) in [7, 11) is 3.51. The van der Waals surface area contributed by atoms with Gasteiger partial charge in [-0.25, -0.2) is 0 Å². The Hall–Kier alpha value is -3.02. The molecule has 5 N–H and O–H groups in total. The average Bonchev–Trinajstić information content (AvgIpc) is 2.56. The maximum atomic E-state index is 8.48. The molecule has 6 heteroatoms. The number of likely N-dealkylation sites (N-methyl/N-ethyl adjacent to an activating group) is 1. The van der Waals surface area contributed by atoms with Gasteiger partial charge >= 0.3 is 0 Å². The zero-order chi connectivity index (χ0) is 17.2. The molecule has 6 nitrogen and oxygen atoms in total. The van der Waals surface area contributed by atoms with Gasteiger partial charge in [-0.3, -0.25) is 10.4 Å². The third-order valence-corrected chi connectivity index (χ3v) is 3.16. The molecule has 0 aliphatic carbocycles. The number of nitrogens with zero attached hydrogens (tertiary/aromatic N) is 1. The highest BCUT2D eigenvalue weighted by Crippen LogP contribution is 2.21. The monoisotopic (exact) mass is 310 g/mol. The van der Waals surface area contributed by atoms with E-state index < -0.39 is 0 Å². The highest BCUT2D eigenvalue weighted by Gasteiger charge is 2.20. The minimum absolute atomic E-state index is 0.259. The zero-order valence-electron chi connectivity index (χ0n) is 13.6. The molecule has 1 heterocycles. The van der Waals surface area contributed by atoms with E-state index in [1.54, 1.807) is 38.5 Å². The molecule has 0 unspecified atom stereocenters. The second-order valence-corrected chi connectivity index (χ2v) is 4.49. The summed E-state index contributed by atoms with van der Waals surface area (Å²) in [5.74, 6) is 0. The summed E-state index contributed by atoms with van der Waals surface area (Å²) in [5, 5.41) is 29.0. The topological polar surface area (TPSA) is 108 Å². The van der Waals surface area contributed by atoms with Gasteiger partial charge in [0.15, 0.2) is 0 Å². The molecule has 0 spiro atoms. The highest BCUT2D eigenvalue weighted by molar-refractivity contribution is 6.54. The minimum atomic E-state index is 0.259. The fourth-order valence-corrected chi connectivity index (χ4v) is 2.14. The van der Waals surface area contributed by atoms with Crippen molar-refractivity contribution >= 4 is 23.9 Å². The molecule has 120 valence electrons. The predicted octanol–water partition coefficient (Wildman–Crippen LogP) is 2.35. The Labute approximate surface area is 136 Å². The van der Waals surface area contributed by atoms with Crippen LogP contribution in [0.1, 0.15) is 6.92 Å². The van der Waals surface area contributed by atoms with E-state index in [1.165, 1.54) is 6.21 Å². The van der Waals surface area contributed by atoms with Crippen molar-refractivity contribution in [3.8, 4) is 0 Å². The second kappa shape index (κ2) is 9.09. The summed E-state index contributed by atoms with van der Waals surface area (Å²) < 4.78 is 0. The molecule has 1 rings (SSSR count). The normalized spacial score (nSPS) is 17.9. The molecule has 1 aliphatic heterocycles. The van der Waals surface area contributed by atoms with Gasteiger partial charge in [0, 0.05) is 49.6 Å². The molecule has 0 fully saturated rings. The Morgan fingerprint density at radius 1 is 1.13 bits per heavy atom. The lowest BCUT2D eigenvalue weighted by molar-refractivity contribution is 1.01. The van der Waals surface area contributed by atoms with Gasteiger partial charge < -0.3 is 21.5 Å². The molecule has 0 bridgehead atoms. The van der Waals surface area contributed by atoms with Gasteiger partial charge in [-0.2, -0.15) is 0 Å². The van der Waals surface area contributed by atoms with Crippen LogP contribution in [0.4, 0.5) is 0 Å². The van der Waals surface area contributed by atoms with Crippen molar-refractivity contribution in [2.75, 3.05) is 14.1 Å². The van der Waals surface area contributed by atoms with E-state index in [0.29, 0.717) is 17.0 Å². The number of hydrogen-bond donors (Lipinski definition) is 5. The van der Waals surface area contributed by atoms with Crippen LogP contribution in [-0.2, 0) is 0 Å². The third-order valence-electron chi connectivity index (χ3n) is 3.16. The fourth-order valence-electron chi connectivity index (χ4n) is 2.14.